The molecule has 2 aliphatic rings. The highest BCUT2D eigenvalue weighted by atomic mass is 14.4. The molecule has 88 valence electrons. The molecule has 0 spiro atoms. The molecule has 0 nitrogen and oxygen atoms in total. The van der Waals surface area contributed by atoms with E-state index in [1.807, 2.05) is 0 Å². The third-order valence-corrected chi connectivity index (χ3v) is 4.41. The molecule has 2 aliphatic carbocycles. The van der Waals surface area contributed by atoms with Gasteiger partial charge in [0.15, 0.2) is 0 Å². The van der Waals surface area contributed by atoms with Gasteiger partial charge in [0.2, 0.25) is 0 Å². The van der Waals surface area contributed by atoms with Crippen LogP contribution in [0.1, 0.15) is 37.7 Å². The minimum Gasteiger partial charge on any atom is -0.0764 e. The highest BCUT2D eigenvalue weighted by Gasteiger charge is 2.34. The van der Waals surface area contributed by atoms with Crippen LogP contribution >= 0.6 is 0 Å². The SMILES string of the molecule is CCC1CC2=CC=CC(c3ccccc3)C2C1. The zero-order valence-electron chi connectivity index (χ0n) is 10.5. The van der Waals surface area contributed by atoms with Gasteiger partial charge in [-0.1, -0.05) is 67.5 Å². The summed E-state index contributed by atoms with van der Waals surface area (Å²) in [7, 11) is 0. The van der Waals surface area contributed by atoms with Crippen molar-refractivity contribution in [2.45, 2.75) is 32.1 Å². The Kier molecular flexibility index (Phi) is 2.88. The van der Waals surface area contributed by atoms with Crippen molar-refractivity contribution < 1.29 is 0 Å². The molecular weight excluding hydrogens is 204 g/mol. The maximum absolute atomic E-state index is 2.39. The number of rotatable bonds is 2. The Morgan fingerprint density at radius 3 is 2.76 bits per heavy atom. The maximum Gasteiger partial charge on any atom is 0.00868 e. The van der Waals surface area contributed by atoms with Gasteiger partial charge in [-0.2, -0.15) is 0 Å². The number of hydrogen-bond acceptors (Lipinski definition) is 0. The van der Waals surface area contributed by atoms with Gasteiger partial charge < -0.3 is 0 Å². The van der Waals surface area contributed by atoms with E-state index in [-0.39, 0.29) is 0 Å². The summed E-state index contributed by atoms with van der Waals surface area (Å²) < 4.78 is 0. The molecule has 0 N–H and O–H groups in total. The van der Waals surface area contributed by atoms with E-state index < -0.39 is 0 Å². The second kappa shape index (κ2) is 4.52. The lowest BCUT2D eigenvalue weighted by atomic mass is 9.79. The van der Waals surface area contributed by atoms with Crippen molar-refractivity contribution >= 4 is 0 Å². The summed E-state index contributed by atoms with van der Waals surface area (Å²) in [6.07, 6.45) is 11.1. The van der Waals surface area contributed by atoms with Gasteiger partial charge in [-0.15, -0.1) is 0 Å². The van der Waals surface area contributed by atoms with Crippen LogP contribution in [0, 0.1) is 11.8 Å². The standard InChI is InChI=1S/C17H20/c1-2-13-11-15-9-6-10-16(17(15)12-13)14-7-4-3-5-8-14/h3-10,13,16-17H,2,11-12H2,1H3. The number of allylic oxidation sites excluding steroid dienone is 4. The number of benzene rings is 1. The Labute approximate surface area is 104 Å². The first-order valence-corrected chi connectivity index (χ1v) is 6.80. The van der Waals surface area contributed by atoms with E-state index in [9.17, 15) is 0 Å². The molecule has 0 amide bonds. The third kappa shape index (κ3) is 1.97. The van der Waals surface area contributed by atoms with Gasteiger partial charge >= 0.3 is 0 Å². The fourth-order valence-corrected chi connectivity index (χ4v) is 3.41. The van der Waals surface area contributed by atoms with Crippen LogP contribution < -0.4 is 0 Å². The molecule has 1 aromatic carbocycles. The zero-order valence-corrected chi connectivity index (χ0v) is 10.5. The zero-order chi connectivity index (χ0) is 11.7. The maximum atomic E-state index is 2.39. The molecule has 0 bridgehead atoms. The highest BCUT2D eigenvalue weighted by Crippen LogP contribution is 2.47. The third-order valence-electron chi connectivity index (χ3n) is 4.41. The molecule has 1 aromatic rings. The largest absolute Gasteiger partial charge is 0.0764 e. The highest BCUT2D eigenvalue weighted by molar-refractivity contribution is 5.36. The van der Waals surface area contributed by atoms with Gasteiger partial charge in [0.25, 0.3) is 0 Å². The Morgan fingerprint density at radius 1 is 1.18 bits per heavy atom. The Hall–Kier alpha value is -1.30. The molecule has 0 aliphatic heterocycles. The summed E-state index contributed by atoms with van der Waals surface area (Å²) in [4.78, 5) is 0. The van der Waals surface area contributed by atoms with Crippen molar-refractivity contribution in [2.75, 3.05) is 0 Å². The summed E-state index contributed by atoms with van der Waals surface area (Å²) in [6.45, 7) is 2.33. The molecule has 1 fully saturated rings. The van der Waals surface area contributed by atoms with Crippen LogP contribution in [0.15, 0.2) is 54.1 Å². The Bertz CT molecular complexity index is 438. The Balaban J connectivity index is 1.88. The minimum atomic E-state index is 0.618. The molecule has 3 rings (SSSR count). The lowest BCUT2D eigenvalue weighted by Crippen LogP contribution is -2.12. The van der Waals surface area contributed by atoms with Crippen LogP contribution in [0.4, 0.5) is 0 Å². The summed E-state index contributed by atoms with van der Waals surface area (Å²) in [5.74, 6) is 2.30. The second-order valence-corrected chi connectivity index (χ2v) is 5.38. The molecular formula is C17H20. The normalized spacial score (nSPS) is 31.1. The first kappa shape index (κ1) is 10.8. The van der Waals surface area contributed by atoms with Crippen LogP contribution in [-0.4, -0.2) is 0 Å². The van der Waals surface area contributed by atoms with Crippen LogP contribution in [-0.2, 0) is 0 Å². The lowest BCUT2D eigenvalue weighted by molar-refractivity contribution is 0.463. The van der Waals surface area contributed by atoms with Crippen molar-refractivity contribution in [1.29, 1.82) is 0 Å². The van der Waals surface area contributed by atoms with E-state index in [2.05, 4.69) is 55.5 Å². The summed E-state index contributed by atoms with van der Waals surface area (Å²) in [6, 6.07) is 11.0. The van der Waals surface area contributed by atoms with E-state index in [0.29, 0.717) is 5.92 Å². The predicted octanol–water partition coefficient (Wildman–Crippen LogP) is 4.70. The second-order valence-electron chi connectivity index (χ2n) is 5.38. The van der Waals surface area contributed by atoms with Crippen LogP contribution in [0.3, 0.4) is 0 Å². The van der Waals surface area contributed by atoms with Crippen molar-refractivity contribution in [3.63, 3.8) is 0 Å². The van der Waals surface area contributed by atoms with Gasteiger partial charge in [0.1, 0.15) is 0 Å². The summed E-state index contributed by atoms with van der Waals surface area (Å²) >= 11 is 0. The van der Waals surface area contributed by atoms with Gasteiger partial charge in [-0.05, 0) is 30.2 Å². The average Bonchev–Trinajstić information content (AvgIpc) is 2.82. The van der Waals surface area contributed by atoms with Gasteiger partial charge in [0, 0.05) is 5.92 Å². The lowest BCUT2D eigenvalue weighted by Gasteiger charge is -2.25. The molecule has 0 heterocycles. The van der Waals surface area contributed by atoms with Gasteiger partial charge in [0.05, 0.1) is 0 Å². The van der Waals surface area contributed by atoms with E-state index in [4.69, 9.17) is 0 Å². The van der Waals surface area contributed by atoms with Crippen LogP contribution in [0.25, 0.3) is 0 Å². The van der Waals surface area contributed by atoms with Gasteiger partial charge in [-0.3, -0.25) is 0 Å². The fourth-order valence-electron chi connectivity index (χ4n) is 3.41. The summed E-state index contributed by atoms with van der Waals surface area (Å²) in [5.41, 5.74) is 3.17. The number of fused-ring (bicyclic) bond motifs is 1. The van der Waals surface area contributed by atoms with E-state index in [1.165, 1.54) is 24.8 Å². The minimum absolute atomic E-state index is 0.618. The molecule has 0 saturated heterocycles. The van der Waals surface area contributed by atoms with Crippen molar-refractivity contribution in [1.82, 2.24) is 0 Å². The molecule has 0 heteroatoms. The molecule has 3 unspecified atom stereocenters. The Morgan fingerprint density at radius 2 is 2.00 bits per heavy atom. The summed E-state index contributed by atoms with van der Waals surface area (Å²) in [5, 5.41) is 0. The average molecular weight is 224 g/mol. The van der Waals surface area contributed by atoms with Crippen molar-refractivity contribution in [2.24, 2.45) is 11.8 Å². The van der Waals surface area contributed by atoms with Crippen LogP contribution in [0.2, 0.25) is 0 Å². The fraction of sp³-hybridized carbons (Fsp3) is 0.412. The monoisotopic (exact) mass is 224 g/mol. The number of hydrogen-bond donors (Lipinski definition) is 0. The smallest absolute Gasteiger partial charge is 0.00868 e. The topological polar surface area (TPSA) is 0 Å². The van der Waals surface area contributed by atoms with Crippen molar-refractivity contribution in [3.05, 3.63) is 59.7 Å². The van der Waals surface area contributed by atoms with Crippen molar-refractivity contribution in [3.8, 4) is 0 Å². The molecule has 1 saturated carbocycles. The molecule has 0 aromatic heterocycles. The van der Waals surface area contributed by atoms with E-state index in [1.54, 1.807) is 5.57 Å². The molecule has 17 heavy (non-hydrogen) atoms. The quantitative estimate of drug-likeness (QED) is 0.683. The van der Waals surface area contributed by atoms with Gasteiger partial charge in [-0.25, -0.2) is 0 Å². The van der Waals surface area contributed by atoms with E-state index >= 15 is 0 Å². The van der Waals surface area contributed by atoms with E-state index in [0.717, 1.165) is 11.8 Å². The molecule has 0 radical (unpaired) electrons. The first-order valence-electron chi connectivity index (χ1n) is 6.80. The van der Waals surface area contributed by atoms with Crippen LogP contribution in [0.5, 0.6) is 0 Å². The predicted molar refractivity (Wildman–Crippen MR) is 72.9 cm³/mol. The molecule has 3 atom stereocenters. The first-order chi connectivity index (χ1) is 8.38.